The summed E-state index contributed by atoms with van der Waals surface area (Å²) in [6.45, 7) is 21.6. The van der Waals surface area contributed by atoms with Gasteiger partial charge in [0.05, 0.1) is 18.8 Å². The van der Waals surface area contributed by atoms with Crippen LogP contribution in [-0.4, -0.2) is 123 Å². The Morgan fingerprint density at radius 2 is 1.56 bits per heavy atom. The van der Waals surface area contributed by atoms with E-state index in [-0.39, 0.29) is 44.7 Å². The van der Waals surface area contributed by atoms with Gasteiger partial charge in [0.2, 0.25) is 0 Å². The number of hydrogen-bond donors (Lipinski definition) is 7. The lowest BCUT2D eigenvalue weighted by atomic mass is 9.33. The fourth-order valence-electron chi connectivity index (χ4n) is 14.2. The van der Waals surface area contributed by atoms with Gasteiger partial charge in [-0.2, -0.15) is 0 Å². The van der Waals surface area contributed by atoms with Crippen LogP contribution >= 0.6 is 0 Å². The number of allylic oxidation sites excluding steroid dienone is 2. The minimum absolute atomic E-state index is 0.0516. The Bertz CT molecular complexity index is 1620. The van der Waals surface area contributed by atoms with Gasteiger partial charge in [-0.3, -0.25) is 4.79 Å². The molecule has 336 valence electrons. The molecule has 7 aliphatic rings. The van der Waals surface area contributed by atoms with Crippen molar-refractivity contribution in [2.75, 3.05) is 19.7 Å². The van der Waals surface area contributed by atoms with Crippen LogP contribution in [0.4, 0.5) is 0 Å². The van der Waals surface area contributed by atoms with Gasteiger partial charge in [-0.05, 0) is 121 Å². The first-order valence-corrected chi connectivity index (χ1v) is 22.7. The Morgan fingerprint density at radius 3 is 2.22 bits per heavy atom. The summed E-state index contributed by atoms with van der Waals surface area (Å²) in [5.41, 5.74) is 0.503. The molecule has 0 radical (unpaired) electrons. The normalized spacial score (nSPS) is 52.0. The summed E-state index contributed by atoms with van der Waals surface area (Å²) in [7, 11) is 0. The number of carbonyl (C=O) groups is 2. The van der Waals surface area contributed by atoms with Crippen molar-refractivity contribution in [1.29, 1.82) is 0 Å². The topological polar surface area (TPSA) is 204 Å². The predicted octanol–water partition coefficient (Wildman–Crippen LogP) is 4.34. The first-order chi connectivity index (χ1) is 27.5. The molecule has 0 bridgehead atoms. The molecule has 0 aromatic rings. The molecule has 59 heavy (non-hydrogen) atoms. The molecule has 0 unspecified atom stereocenters. The molecule has 5 aliphatic carbocycles. The highest BCUT2D eigenvalue weighted by Gasteiger charge is 2.70. The van der Waals surface area contributed by atoms with Crippen molar-refractivity contribution >= 4 is 11.8 Å². The predicted molar refractivity (Wildman–Crippen MR) is 218 cm³/mol. The molecule has 0 amide bonds. The van der Waals surface area contributed by atoms with Crippen LogP contribution in [0.2, 0.25) is 0 Å². The van der Waals surface area contributed by atoms with Crippen LogP contribution in [0, 0.1) is 56.2 Å². The second-order valence-corrected chi connectivity index (χ2v) is 22.1. The number of carbonyl (C=O) groups excluding carboxylic acids is 1. The summed E-state index contributed by atoms with van der Waals surface area (Å²) < 4.78 is 24.4. The van der Waals surface area contributed by atoms with Gasteiger partial charge in [0.25, 0.3) is 0 Å². The van der Waals surface area contributed by atoms with Crippen LogP contribution in [0.1, 0.15) is 127 Å². The summed E-state index contributed by atoms with van der Waals surface area (Å²) in [5.74, 6) is -1.78. The maximum Gasteiger partial charge on any atom is 0.335 e. The maximum atomic E-state index is 15.0. The molecule has 0 spiro atoms. The third-order valence-electron chi connectivity index (χ3n) is 18.2. The molecule has 0 aromatic carbocycles. The monoisotopic (exact) mass is 834 g/mol. The summed E-state index contributed by atoms with van der Waals surface area (Å²) in [5, 5.41) is 67.3. The Hall–Kier alpha value is -1.52. The number of ether oxygens (including phenoxy) is 4. The van der Waals surface area contributed by atoms with E-state index in [1.807, 2.05) is 0 Å². The van der Waals surface area contributed by atoms with Gasteiger partial charge in [0.15, 0.2) is 24.5 Å². The third-order valence-corrected chi connectivity index (χ3v) is 18.2. The van der Waals surface area contributed by atoms with E-state index in [2.05, 4.69) is 66.8 Å². The molecular formula is C46H75NO12. The smallest absolute Gasteiger partial charge is 0.335 e. The van der Waals surface area contributed by atoms with Crippen molar-refractivity contribution in [2.24, 2.45) is 56.2 Å². The Kier molecular flexibility index (Phi) is 12.3. The first kappa shape index (κ1) is 45.5. The van der Waals surface area contributed by atoms with E-state index in [1.165, 1.54) is 18.4 Å². The molecule has 7 rings (SSSR count). The Labute approximate surface area is 351 Å². The lowest BCUT2D eigenvalue weighted by molar-refractivity contribution is -0.371. The molecule has 2 saturated heterocycles. The number of carboxylic acids is 1. The number of rotatable bonds is 10. The van der Waals surface area contributed by atoms with E-state index >= 15 is 4.79 Å². The molecule has 2 heterocycles. The molecule has 0 aromatic heterocycles. The molecule has 6 fully saturated rings. The summed E-state index contributed by atoms with van der Waals surface area (Å²) in [6.07, 6.45) is -2.22. The average Bonchev–Trinajstić information content (AvgIpc) is 3.17. The second kappa shape index (κ2) is 15.9. The number of hydrogen-bond acceptors (Lipinski definition) is 12. The van der Waals surface area contributed by atoms with E-state index in [9.17, 15) is 35.4 Å². The van der Waals surface area contributed by atoms with Gasteiger partial charge < -0.3 is 54.9 Å². The molecular weight excluding hydrogens is 759 g/mol. The van der Waals surface area contributed by atoms with Crippen molar-refractivity contribution in [3.8, 4) is 0 Å². The van der Waals surface area contributed by atoms with E-state index in [1.54, 1.807) is 6.92 Å². The molecule has 13 heteroatoms. The van der Waals surface area contributed by atoms with Crippen LogP contribution in [0.3, 0.4) is 0 Å². The highest BCUT2D eigenvalue weighted by atomic mass is 16.8. The van der Waals surface area contributed by atoms with E-state index in [0.717, 1.165) is 51.6 Å². The quantitative estimate of drug-likeness (QED) is 0.121. The van der Waals surface area contributed by atoms with E-state index < -0.39 is 85.3 Å². The zero-order valence-corrected chi connectivity index (χ0v) is 37.0. The zero-order chi connectivity index (χ0) is 43.2. The van der Waals surface area contributed by atoms with Crippen molar-refractivity contribution in [1.82, 2.24) is 5.32 Å². The fraction of sp³-hybridized carbons (Fsp3) is 0.913. The van der Waals surface area contributed by atoms with E-state index in [0.29, 0.717) is 18.8 Å². The van der Waals surface area contributed by atoms with Gasteiger partial charge in [0.1, 0.15) is 30.5 Å². The highest BCUT2D eigenvalue weighted by Crippen LogP contribution is 2.75. The number of aliphatic hydroxyl groups is 5. The molecule has 7 N–H and O–H groups in total. The lowest BCUT2D eigenvalue weighted by Crippen LogP contribution is -2.68. The lowest BCUT2D eigenvalue weighted by Gasteiger charge is -2.70. The molecule has 2 aliphatic heterocycles. The zero-order valence-electron chi connectivity index (χ0n) is 37.0. The van der Waals surface area contributed by atoms with Crippen LogP contribution < -0.4 is 5.32 Å². The first-order valence-electron chi connectivity index (χ1n) is 22.7. The summed E-state index contributed by atoms with van der Waals surface area (Å²) in [4.78, 5) is 27.3. The SMILES string of the molecule is CCCNC[C@@]1(C)CC[C@]2(C)CC[C@]3(C)C(=CC(=O)[C@@H]4[C@@]5(C)CC[C@H](O[C@H]6O[C@H](C(=O)O)[C@@H](O)[C@H](O)[C@H]6O[C@@H]6O[C@H](CO)[C@@H](O)[C@H](C)[C@H]6O)C(C)(C)[C@@H]5CC[C@]43C)[C@@H]2C1. The van der Waals surface area contributed by atoms with Crippen molar-refractivity contribution in [2.45, 2.75) is 188 Å². The van der Waals surface area contributed by atoms with Crippen LogP contribution in [0.25, 0.3) is 0 Å². The number of nitrogens with one attached hydrogen (secondary N) is 1. The van der Waals surface area contributed by atoms with Gasteiger partial charge in [-0.25, -0.2) is 4.79 Å². The number of fused-ring (bicyclic) bond motifs is 7. The number of ketones is 1. The number of aliphatic carboxylic acids is 1. The van der Waals surface area contributed by atoms with Crippen LogP contribution in [0.5, 0.6) is 0 Å². The summed E-state index contributed by atoms with van der Waals surface area (Å²) in [6, 6.07) is 0. The molecule has 19 atom stereocenters. The van der Waals surface area contributed by atoms with Gasteiger partial charge in [0, 0.05) is 18.4 Å². The Balaban J connectivity index is 1.16. The molecule has 13 nitrogen and oxygen atoms in total. The molecule has 4 saturated carbocycles. The van der Waals surface area contributed by atoms with Gasteiger partial charge >= 0.3 is 5.97 Å². The number of aliphatic hydroxyl groups excluding tert-OH is 5. The average molecular weight is 834 g/mol. The van der Waals surface area contributed by atoms with Crippen molar-refractivity contribution in [3.63, 3.8) is 0 Å². The van der Waals surface area contributed by atoms with Crippen LogP contribution in [0.15, 0.2) is 11.6 Å². The standard InChI is InChI=1S/C46H75NO12/c1-10-19-47-23-42(5)15-16-43(6)17-18-45(8)25(26(43)21-42)20-27(49)37-44(7)13-12-30(41(3,4)29(44)11-14-46(37,45)9)57-40-36(34(53)33(52)35(58-40)38(54)55)59-39-32(51)24(2)31(50)28(22-48)56-39/h20,24,26,28-37,39-40,47-48,50-53H,10-19,21-23H2,1-9H3,(H,54,55)/t24-,26-,28+,29-,30-,31-,32+,33-,34-,35-,36+,37+,39-,40-,42-,43+,44-,45+,46+/m0/s1. The number of carboxylic acid groups (broad SMARTS) is 1. The fourth-order valence-corrected chi connectivity index (χ4v) is 14.2. The van der Waals surface area contributed by atoms with Crippen LogP contribution in [-0.2, 0) is 28.5 Å². The van der Waals surface area contributed by atoms with Crippen molar-refractivity contribution < 1.29 is 59.2 Å². The highest BCUT2D eigenvalue weighted by molar-refractivity contribution is 5.95. The van der Waals surface area contributed by atoms with Crippen molar-refractivity contribution in [3.05, 3.63) is 11.6 Å². The minimum atomic E-state index is -1.89. The van der Waals surface area contributed by atoms with Gasteiger partial charge in [-0.15, -0.1) is 0 Å². The maximum absolute atomic E-state index is 15.0. The largest absolute Gasteiger partial charge is 0.479 e. The second-order valence-electron chi connectivity index (χ2n) is 22.1. The minimum Gasteiger partial charge on any atom is -0.479 e. The van der Waals surface area contributed by atoms with Gasteiger partial charge in [-0.1, -0.05) is 67.9 Å². The third kappa shape index (κ3) is 7.21. The Morgan fingerprint density at radius 1 is 0.864 bits per heavy atom. The summed E-state index contributed by atoms with van der Waals surface area (Å²) >= 11 is 0. The van der Waals surface area contributed by atoms with E-state index in [4.69, 9.17) is 18.9 Å².